The minimum atomic E-state index is -5.00. The van der Waals surface area contributed by atoms with Crippen molar-refractivity contribution in [2.75, 3.05) is 39.6 Å². The van der Waals surface area contributed by atoms with Gasteiger partial charge in [0.25, 0.3) is 0 Å². The number of carbonyl (C=O) groups excluding carboxylic acids is 4. The number of unbranched alkanes of at least 4 members (excludes halogenated alkanes) is 34. The lowest BCUT2D eigenvalue weighted by atomic mass is 10.0. The van der Waals surface area contributed by atoms with Crippen molar-refractivity contribution < 1.29 is 80.2 Å². The first-order chi connectivity index (χ1) is 52.7. The zero-order valence-corrected chi connectivity index (χ0v) is 70.0. The SMILES string of the molecule is CC/C=C\C/C=C\C/C=C\C/C=C\C/C=C\C/C=C\CCC(=O)OCC(COP(=O)(O)OCC(O)COP(=O)(O)OCC(COC(=O)CCCCCCCCCCCCCCCCC)OC(=O)CCCCCCCCCCCCCCCCC)OC(=O)CCCCCCCC/C=C\C/C=C\C/C=C\C/C=C\CC. The van der Waals surface area contributed by atoms with Gasteiger partial charge >= 0.3 is 39.5 Å². The van der Waals surface area contributed by atoms with E-state index in [1.54, 1.807) is 0 Å². The molecule has 3 N–H and O–H groups in total. The Bertz CT molecular complexity index is 2520. The standard InChI is InChI=1S/C89H154O17P2/c1-5-9-13-17-21-25-29-33-37-39-41-43-47-50-54-58-62-66-70-74-87(92)100-80-85(106-89(94)76-72-68-64-60-56-52-48-44-42-40-38-34-30-26-22-18-14-10-6-2)82-104-108(97,98)102-78-83(90)77-101-107(95,96)103-81-84(105-88(93)75-71-67-63-59-55-51-46-36-32-28-24-20-16-12-8-4)79-99-86(91)73-69-65-61-57-53-49-45-35-31-27-23-19-15-11-7-3/h9-10,13-14,21-22,25-26,33-34,37-38,41-44,50,54,62,66,83-85,90H,5-8,11-12,15-20,23-24,27-32,35-36,39-40,45-49,51-53,55-61,63-65,67-82H2,1-4H3,(H,95,96)(H,97,98)/b13-9-,14-10-,25-21-,26-22-,37-33-,38-34-,43-41-,44-42-,54-50-,66-62-. The summed E-state index contributed by atoms with van der Waals surface area (Å²) in [6.07, 6.45) is 90.3. The van der Waals surface area contributed by atoms with Gasteiger partial charge in [-0.15, -0.1) is 0 Å². The molecule has 17 nitrogen and oxygen atoms in total. The number of aliphatic hydroxyl groups excluding tert-OH is 1. The summed E-state index contributed by atoms with van der Waals surface area (Å²) < 4.78 is 68.7. The fourth-order valence-corrected chi connectivity index (χ4v) is 13.1. The Balaban J connectivity index is 5.43. The number of ether oxygens (including phenoxy) is 4. The zero-order valence-electron chi connectivity index (χ0n) is 68.2. The monoisotopic (exact) mass is 1560 g/mol. The normalized spacial score (nSPS) is 14.4. The molecular weight excluding hydrogens is 1400 g/mol. The summed E-state index contributed by atoms with van der Waals surface area (Å²) in [5.74, 6) is -2.26. The molecule has 0 saturated heterocycles. The van der Waals surface area contributed by atoms with E-state index in [4.69, 9.17) is 37.0 Å². The molecule has 0 saturated carbocycles. The van der Waals surface area contributed by atoms with E-state index in [1.807, 2.05) is 18.2 Å². The largest absolute Gasteiger partial charge is 0.472 e. The Labute approximate surface area is 657 Å². The molecule has 0 aromatic carbocycles. The third-order valence-corrected chi connectivity index (χ3v) is 19.9. The van der Waals surface area contributed by atoms with Crippen molar-refractivity contribution in [3.05, 3.63) is 122 Å². The van der Waals surface area contributed by atoms with Crippen molar-refractivity contribution >= 4 is 39.5 Å². The maximum Gasteiger partial charge on any atom is 0.472 e. The van der Waals surface area contributed by atoms with Gasteiger partial charge in [-0.3, -0.25) is 37.3 Å². The van der Waals surface area contributed by atoms with Gasteiger partial charge in [-0.25, -0.2) is 9.13 Å². The van der Waals surface area contributed by atoms with Crippen LogP contribution in [0.15, 0.2) is 122 Å². The van der Waals surface area contributed by atoms with Crippen LogP contribution >= 0.6 is 15.6 Å². The fourth-order valence-electron chi connectivity index (χ4n) is 11.5. The van der Waals surface area contributed by atoms with Crippen LogP contribution in [0.1, 0.15) is 362 Å². The average molecular weight is 1560 g/mol. The van der Waals surface area contributed by atoms with Crippen molar-refractivity contribution in [3.63, 3.8) is 0 Å². The molecule has 19 heteroatoms. The second-order valence-corrected chi connectivity index (χ2v) is 31.3. The van der Waals surface area contributed by atoms with E-state index in [0.717, 1.165) is 141 Å². The molecule has 0 heterocycles. The number of carbonyl (C=O) groups is 4. The predicted molar refractivity (Wildman–Crippen MR) is 445 cm³/mol. The third-order valence-electron chi connectivity index (χ3n) is 18.0. The van der Waals surface area contributed by atoms with Crippen LogP contribution < -0.4 is 0 Å². The second-order valence-electron chi connectivity index (χ2n) is 28.4. The number of aliphatic hydroxyl groups is 1. The van der Waals surface area contributed by atoms with Gasteiger partial charge in [-0.2, -0.15) is 0 Å². The molecule has 0 aliphatic heterocycles. The Kier molecular flexibility index (Phi) is 77.1. The van der Waals surface area contributed by atoms with Crippen LogP contribution in [0.25, 0.3) is 0 Å². The summed E-state index contributed by atoms with van der Waals surface area (Å²) >= 11 is 0. The molecular formula is C89H154O17P2. The third kappa shape index (κ3) is 79.5. The van der Waals surface area contributed by atoms with E-state index in [-0.39, 0.29) is 25.7 Å². The molecule has 108 heavy (non-hydrogen) atoms. The van der Waals surface area contributed by atoms with E-state index in [1.165, 1.54) is 135 Å². The molecule has 0 rings (SSSR count). The molecule has 0 aliphatic rings. The maximum absolute atomic E-state index is 13.1. The Hall–Kier alpha value is -4.54. The van der Waals surface area contributed by atoms with Gasteiger partial charge in [-0.1, -0.05) is 355 Å². The number of phosphoric ester groups is 2. The molecule has 5 unspecified atom stereocenters. The summed E-state index contributed by atoms with van der Waals surface area (Å²) in [6.45, 7) is 4.62. The van der Waals surface area contributed by atoms with Gasteiger partial charge in [0.05, 0.1) is 26.4 Å². The van der Waals surface area contributed by atoms with E-state index in [2.05, 4.69) is 131 Å². The lowest BCUT2D eigenvalue weighted by molar-refractivity contribution is -0.161. The zero-order chi connectivity index (χ0) is 78.9. The molecule has 0 bridgehead atoms. The average Bonchev–Trinajstić information content (AvgIpc) is 0.896. The van der Waals surface area contributed by atoms with Crippen LogP contribution in [-0.4, -0.2) is 96.7 Å². The van der Waals surface area contributed by atoms with E-state index >= 15 is 0 Å². The van der Waals surface area contributed by atoms with Crippen molar-refractivity contribution in [1.29, 1.82) is 0 Å². The highest BCUT2D eigenvalue weighted by Gasteiger charge is 2.30. The topological polar surface area (TPSA) is 237 Å². The molecule has 0 spiro atoms. The van der Waals surface area contributed by atoms with Crippen molar-refractivity contribution in [3.8, 4) is 0 Å². The first-order valence-electron chi connectivity index (χ1n) is 42.8. The molecule has 5 atom stereocenters. The first-order valence-corrected chi connectivity index (χ1v) is 45.8. The molecule has 0 aromatic heterocycles. The summed E-state index contributed by atoms with van der Waals surface area (Å²) in [4.78, 5) is 73.2. The van der Waals surface area contributed by atoms with Crippen molar-refractivity contribution in [1.82, 2.24) is 0 Å². The van der Waals surface area contributed by atoms with Gasteiger partial charge < -0.3 is 33.8 Å². The lowest BCUT2D eigenvalue weighted by Crippen LogP contribution is -2.30. The minimum Gasteiger partial charge on any atom is -0.462 e. The molecule has 0 amide bonds. The predicted octanol–water partition coefficient (Wildman–Crippen LogP) is 25.5. The number of hydrogen-bond acceptors (Lipinski definition) is 15. The summed E-state index contributed by atoms with van der Waals surface area (Å²) in [7, 11) is -9.99. The summed E-state index contributed by atoms with van der Waals surface area (Å²) in [5.41, 5.74) is 0. The van der Waals surface area contributed by atoms with Crippen LogP contribution in [0.5, 0.6) is 0 Å². The van der Waals surface area contributed by atoms with Crippen LogP contribution in [0.4, 0.5) is 0 Å². The number of phosphoric acid groups is 2. The second kappa shape index (κ2) is 80.5. The van der Waals surface area contributed by atoms with Crippen LogP contribution in [-0.2, 0) is 65.4 Å². The highest BCUT2D eigenvalue weighted by molar-refractivity contribution is 7.47. The van der Waals surface area contributed by atoms with E-state index < -0.39 is 97.5 Å². The highest BCUT2D eigenvalue weighted by Crippen LogP contribution is 2.45. The molecule has 0 radical (unpaired) electrons. The Morgan fingerprint density at radius 1 is 0.269 bits per heavy atom. The van der Waals surface area contributed by atoms with Gasteiger partial charge in [0, 0.05) is 25.7 Å². The maximum atomic E-state index is 13.1. The number of rotatable bonds is 80. The van der Waals surface area contributed by atoms with Crippen LogP contribution in [0.3, 0.4) is 0 Å². The minimum absolute atomic E-state index is 0.0310. The Morgan fingerprint density at radius 3 is 0.796 bits per heavy atom. The highest BCUT2D eigenvalue weighted by atomic mass is 31.2. The molecule has 622 valence electrons. The molecule has 0 fully saturated rings. The first kappa shape index (κ1) is 103. The van der Waals surface area contributed by atoms with E-state index in [0.29, 0.717) is 32.1 Å². The van der Waals surface area contributed by atoms with Crippen LogP contribution in [0.2, 0.25) is 0 Å². The van der Waals surface area contributed by atoms with Gasteiger partial charge in [-0.05, 0) is 103 Å². The fraction of sp³-hybridized carbons (Fsp3) is 0.730. The lowest BCUT2D eigenvalue weighted by Gasteiger charge is -2.21. The van der Waals surface area contributed by atoms with E-state index in [9.17, 15) is 43.2 Å². The number of hydrogen-bond donors (Lipinski definition) is 3. The van der Waals surface area contributed by atoms with Crippen LogP contribution in [0, 0.1) is 0 Å². The van der Waals surface area contributed by atoms with Gasteiger partial charge in [0.1, 0.15) is 19.3 Å². The Morgan fingerprint density at radius 2 is 0.500 bits per heavy atom. The summed E-state index contributed by atoms with van der Waals surface area (Å²) in [6, 6.07) is 0. The van der Waals surface area contributed by atoms with Crippen molar-refractivity contribution in [2.24, 2.45) is 0 Å². The molecule has 0 aromatic rings. The number of esters is 4. The van der Waals surface area contributed by atoms with Crippen molar-refractivity contribution in [2.45, 2.75) is 380 Å². The van der Waals surface area contributed by atoms with Gasteiger partial charge in [0.2, 0.25) is 0 Å². The molecule has 0 aliphatic carbocycles. The smallest absolute Gasteiger partial charge is 0.462 e. The summed E-state index contributed by atoms with van der Waals surface area (Å²) in [5, 5.41) is 10.7. The van der Waals surface area contributed by atoms with Gasteiger partial charge in [0.15, 0.2) is 12.2 Å². The quantitative estimate of drug-likeness (QED) is 0.0169. The number of allylic oxidation sites excluding steroid dienone is 20.